The van der Waals surface area contributed by atoms with Crippen molar-refractivity contribution in [2.75, 3.05) is 5.32 Å². The maximum atomic E-state index is 14.0. The highest BCUT2D eigenvalue weighted by Gasteiger charge is 2.39. The lowest BCUT2D eigenvalue weighted by Crippen LogP contribution is -2.53. The van der Waals surface area contributed by atoms with Gasteiger partial charge in [-0.15, -0.1) is 0 Å². The summed E-state index contributed by atoms with van der Waals surface area (Å²) in [5, 5.41) is 5.64. The highest BCUT2D eigenvalue weighted by atomic mass is 16.6. The molecule has 198 valence electrons. The zero-order valence-electron chi connectivity index (χ0n) is 23.1. The van der Waals surface area contributed by atoms with Gasteiger partial charge in [-0.2, -0.15) is 0 Å². The second-order valence-corrected chi connectivity index (χ2v) is 10.4. The number of amides is 3. The number of nitrogens with zero attached hydrogens (tertiary/aromatic N) is 1. The summed E-state index contributed by atoms with van der Waals surface area (Å²) in [4.78, 5) is 41.5. The van der Waals surface area contributed by atoms with Crippen LogP contribution in [0.15, 0.2) is 42.5 Å². The number of alkyl carbamates (subject to hydrolysis) is 1. The van der Waals surface area contributed by atoms with Crippen molar-refractivity contribution in [3.63, 3.8) is 0 Å². The van der Waals surface area contributed by atoms with Crippen molar-refractivity contribution in [2.45, 2.75) is 79.5 Å². The van der Waals surface area contributed by atoms with Crippen molar-refractivity contribution < 1.29 is 19.1 Å². The summed E-state index contributed by atoms with van der Waals surface area (Å²) in [7, 11) is 0. The van der Waals surface area contributed by atoms with Crippen LogP contribution in [0.2, 0.25) is 0 Å². The molecule has 2 aromatic rings. The molecule has 0 aliphatic carbocycles. The van der Waals surface area contributed by atoms with Gasteiger partial charge in [0.2, 0.25) is 0 Å². The molecule has 3 unspecified atom stereocenters. The number of rotatable bonds is 8. The standard InChI is InChI=1S/C30H39N3O4/c1-10-19(3)25(32-29(36)37-30(7,8)9)28(35)33(11-2)26(24-21(5)16-14-17-22(24)6)27(34)31-23-18-13-12-15-20(23)4/h2,12-19,25-26H,10H2,1,3-9H3,(H,31,34)(H,32,36). The summed E-state index contributed by atoms with van der Waals surface area (Å²) in [6, 6.07) is 13.4. The number of anilines is 1. The Kier molecular flexibility index (Phi) is 9.90. The number of carbonyl (C=O) groups is 3. The summed E-state index contributed by atoms with van der Waals surface area (Å²) >= 11 is 0. The van der Waals surface area contributed by atoms with Crippen LogP contribution in [0, 0.1) is 39.2 Å². The monoisotopic (exact) mass is 505 g/mol. The number of aryl methyl sites for hydroxylation is 3. The first-order valence-corrected chi connectivity index (χ1v) is 12.5. The van der Waals surface area contributed by atoms with Gasteiger partial charge < -0.3 is 15.4 Å². The Bertz CT molecular complexity index is 1160. The van der Waals surface area contributed by atoms with Crippen LogP contribution in [0.3, 0.4) is 0 Å². The molecule has 3 atom stereocenters. The van der Waals surface area contributed by atoms with Gasteiger partial charge in [0.15, 0.2) is 0 Å². The smallest absolute Gasteiger partial charge is 0.408 e. The molecule has 0 heterocycles. The molecule has 0 aliphatic heterocycles. The minimum atomic E-state index is -1.12. The Balaban J connectivity index is 2.57. The Morgan fingerprint density at radius 1 is 1.00 bits per heavy atom. The summed E-state index contributed by atoms with van der Waals surface area (Å²) in [5.74, 6) is -1.28. The molecule has 7 nitrogen and oxygen atoms in total. The third-order valence-electron chi connectivity index (χ3n) is 6.25. The van der Waals surface area contributed by atoms with Gasteiger partial charge in [0.05, 0.1) is 0 Å². The van der Waals surface area contributed by atoms with E-state index in [-0.39, 0.29) is 5.92 Å². The molecule has 0 spiro atoms. The van der Waals surface area contributed by atoms with E-state index in [4.69, 9.17) is 11.2 Å². The maximum Gasteiger partial charge on any atom is 0.408 e. The third-order valence-corrected chi connectivity index (χ3v) is 6.25. The molecule has 0 aromatic heterocycles. The number of para-hydroxylation sites is 1. The maximum absolute atomic E-state index is 14.0. The highest BCUT2D eigenvalue weighted by Crippen LogP contribution is 2.30. The number of carbonyl (C=O) groups excluding carboxylic acids is 3. The van der Waals surface area contributed by atoms with Gasteiger partial charge in [-0.1, -0.05) is 63.1 Å². The van der Waals surface area contributed by atoms with E-state index in [1.54, 1.807) is 26.8 Å². The van der Waals surface area contributed by atoms with Crippen LogP contribution >= 0.6 is 0 Å². The number of benzene rings is 2. The first-order valence-electron chi connectivity index (χ1n) is 12.5. The Morgan fingerprint density at radius 2 is 1.57 bits per heavy atom. The molecule has 2 aromatic carbocycles. The normalized spacial score (nSPS) is 13.5. The Labute approximate surface area is 221 Å². The van der Waals surface area contributed by atoms with Gasteiger partial charge in [0.25, 0.3) is 11.8 Å². The molecule has 0 radical (unpaired) electrons. The quantitative estimate of drug-likeness (QED) is 0.358. The summed E-state index contributed by atoms with van der Waals surface area (Å²) in [5.41, 5.74) is 3.03. The average molecular weight is 506 g/mol. The van der Waals surface area contributed by atoms with E-state index in [2.05, 4.69) is 16.7 Å². The van der Waals surface area contributed by atoms with Crippen molar-refractivity contribution in [1.29, 1.82) is 0 Å². The molecule has 0 fully saturated rings. The minimum absolute atomic E-state index is 0.270. The number of ether oxygens (including phenoxy) is 1. The molecule has 37 heavy (non-hydrogen) atoms. The van der Waals surface area contributed by atoms with Crippen LogP contribution in [0.25, 0.3) is 0 Å². The summed E-state index contributed by atoms with van der Waals surface area (Å²) in [6.45, 7) is 14.6. The minimum Gasteiger partial charge on any atom is -0.444 e. The molecule has 0 bridgehead atoms. The van der Waals surface area contributed by atoms with Crippen LogP contribution in [0.4, 0.5) is 10.5 Å². The van der Waals surface area contributed by atoms with Crippen molar-refractivity contribution in [3.05, 3.63) is 64.7 Å². The predicted octanol–water partition coefficient (Wildman–Crippen LogP) is 5.65. The number of hydrogen-bond acceptors (Lipinski definition) is 4. The van der Waals surface area contributed by atoms with Crippen LogP contribution in [0.5, 0.6) is 0 Å². The van der Waals surface area contributed by atoms with E-state index in [9.17, 15) is 14.4 Å². The van der Waals surface area contributed by atoms with Gasteiger partial charge in [0.1, 0.15) is 17.7 Å². The summed E-state index contributed by atoms with van der Waals surface area (Å²) < 4.78 is 5.40. The first-order chi connectivity index (χ1) is 17.3. The topological polar surface area (TPSA) is 87.7 Å². The Morgan fingerprint density at radius 3 is 2.08 bits per heavy atom. The third kappa shape index (κ3) is 7.60. The van der Waals surface area contributed by atoms with Crippen molar-refractivity contribution in [1.82, 2.24) is 10.2 Å². The largest absolute Gasteiger partial charge is 0.444 e. The summed E-state index contributed by atoms with van der Waals surface area (Å²) in [6.07, 6.45) is 5.78. The second kappa shape index (κ2) is 12.4. The van der Waals surface area contributed by atoms with Crippen LogP contribution in [0.1, 0.15) is 69.3 Å². The molecule has 2 rings (SSSR count). The van der Waals surface area contributed by atoms with Crippen molar-refractivity contribution in [2.24, 2.45) is 5.92 Å². The zero-order valence-corrected chi connectivity index (χ0v) is 23.1. The van der Waals surface area contributed by atoms with Gasteiger partial charge in [-0.3, -0.25) is 14.5 Å². The van der Waals surface area contributed by atoms with Crippen LogP contribution in [-0.2, 0) is 14.3 Å². The number of hydrogen-bond donors (Lipinski definition) is 2. The van der Waals surface area contributed by atoms with Gasteiger partial charge in [-0.25, -0.2) is 4.79 Å². The molecule has 7 heteroatoms. The van der Waals surface area contributed by atoms with Crippen LogP contribution < -0.4 is 10.6 Å². The van der Waals surface area contributed by atoms with E-state index >= 15 is 0 Å². The van der Waals surface area contributed by atoms with Crippen LogP contribution in [-0.4, -0.2) is 34.5 Å². The SMILES string of the molecule is C#CN(C(=O)C(NC(=O)OC(C)(C)C)C(C)CC)C(C(=O)Nc1ccccc1C)c1c(C)cccc1C. The highest BCUT2D eigenvalue weighted by molar-refractivity contribution is 6.00. The van der Waals surface area contributed by atoms with E-state index in [1.807, 2.05) is 71.0 Å². The molecular weight excluding hydrogens is 466 g/mol. The zero-order chi connectivity index (χ0) is 27.9. The fraction of sp³-hybridized carbons (Fsp3) is 0.433. The average Bonchev–Trinajstić information content (AvgIpc) is 2.81. The fourth-order valence-electron chi connectivity index (χ4n) is 4.08. The number of nitrogens with one attached hydrogen (secondary N) is 2. The Hall–Kier alpha value is -3.79. The molecular formula is C30H39N3O4. The lowest BCUT2D eigenvalue weighted by Gasteiger charge is -2.33. The molecule has 3 amide bonds. The number of terminal acetylenes is 1. The van der Waals surface area contributed by atoms with E-state index in [0.29, 0.717) is 17.7 Å². The lowest BCUT2D eigenvalue weighted by molar-refractivity contribution is -0.137. The van der Waals surface area contributed by atoms with E-state index in [1.165, 1.54) is 0 Å². The van der Waals surface area contributed by atoms with Crippen molar-refractivity contribution >= 4 is 23.6 Å². The van der Waals surface area contributed by atoms with E-state index < -0.39 is 35.6 Å². The van der Waals surface area contributed by atoms with Crippen molar-refractivity contribution in [3.8, 4) is 12.5 Å². The lowest BCUT2D eigenvalue weighted by atomic mass is 9.92. The second-order valence-electron chi connectivity index (χ2n) is 10.4. The molecule has 0 saturated carbocycles. The predicted molar refractivity (Wildman–Crippen MR) is 147 cm³/mol. The first kappa shape index (κ1) is 29.4. The fourth-order valence-corrected chi connectivity index (χ4v) is 4.08. The van der Waals surface area contributed by atoms with Gasteiger partial charge in [0, 0.05) is 11.7 Å². The molecule has 0 aliphatic rings. The van der Waals surface area contributed by atoms with E-state index in [0.717, 1.165) is 21.6 Å². The molecule has 2 N–H and O–H groups in total. The van der Waals surface area contributed by atoms with Gasteiger partial charge >= 0.3 is 6.09 Å². The van der Waals surface area contributed by atoms with Gasteiger partial charge in [-0.05, 0) is 75.8 Å². The molecule has 0 saturated heterocycles.